The van der Waals surface area contributed by atoms with Crippen LogP contribution >= 0.6 is 22.9 Å². The summed E-state index contributed by atoms with van der Waals surface area (Å²) in [6.07, 6.45) is 1.28. The summed E-state index contributed by atoms with van der Waals surface area (Å²) in [4.78, 5) is 30.0. The molecule has 0 radical (unpaired) electrons. The van der Waals surface area contributed by atoms with Crippen LogP contribution in [0.15, 0.2) is 29.6 Å². The average Bonchev–Trinajstić information content (AvgIpc) is 3.04. The van der Waals surface area contributed by atoms with Gasteiger partial charge in [0.1, 0.15) is 16.7 Å². The van der Waals surface area contributed by atoms with Crippen LogP contribution in [0, 0.1) is 5.92 Å². The van der Waals surface area contributed by atoms with E-state index in [2.05, 4.69) is 4.98 Å². The highest BCUT2D eigenvalue weighted by Crippen LogP contribution is 2.28. The molecule has 24 heavy (non-hydrogen) atoms. The van der Waals surface area contributed by atoms with Gasteiger partial charge in [-0.1, -0.05) is 30.7 Å². The molecule has 1 fully saturated rings. The number of carboxylic acids is 1. The number of aliphatic carboxylic acids is 1. The third-order valence-electron chi connectivity index (χ3n) is 4.21. The van der Waals surface area contributed by atoms with Gasteiger partial charge in [0.25, 0.3) is 5.91 Å². The maximum absolute atomic E-state index is 12.7. The summed E-state index contributed by atoms with van der Waals surface area (Å²) in [6, 6.07) is 6.49. The number of carbonyl (C=O) groups excluding carboxylic acids is 1. The zero-order chi connectivity index (χ0) is 17.3. The zero-order valence-corrected chi connectivity index (χ0v) is 14.7. The Hall–Kier alpha value is -1.92. The first-order chi connectivity index (χ1) is 11.5. The highest BCUT2D eigenvalue weighted by atomic mass is 35.5. The number of piperidine rings is 1. The van der Waals surface area contributed by atoms with Crippen LogP contribution in [0.2, 0.25) is 5.02 Å². The van der Waals surface area contributed by atoms with E-state index in [1.54, 1.807) is 17.5 Å². The standard InChI is InChI=1S/C17H17ClN2O3S/c1-10-5-6-20(14(7-10)17(22)23)16(21)13-9-24-15(19-13)11-3-2-4-12(18)8-11/h2-4,8-10,14H,5-7H2,1H3,(H,22,23). The van der Waals surface area contributed by atoms with Gasteiger partial charge < -0.3 is 10.0 Å². The minimum absolute atomic E-state index is 0.288. The minimum Gasteiger partial charge on any atom is -0.480 e. The number of carbonyl (C=O) groups is 2. The molecule has 126 valence electrons. The molecule has 1 aliphatic rings. The van der Waals surface area contributed by atoms with Crippen molar-refractivity contribution in [2.24, 2.45) is 5.92 Å². The van der Waals surface area contributed by atoms with Crippen molar-refractivity contribution < 1.29 is 14.7 Å². The highest BCUT2D eigenvalue weighted by molar-refractivity contribution is 7.13. The molecule has 2 heterocycles. The highest BCUT2D eigenvalue weighted by Gasteiger charge is 2.35. The molecular formula is C17H17ClN2O3S. The van der Waals surface area contributed by atoms with Crippen LogP contribution in [0.3, 0.4) is 0 Å². The second-order valence-corrected chi connectivity index (χ2v) is 7.32. The number of rotatable bonds is 3. The first kappa shape index (κ1) is 16.9. The summed E-state index contributed by atoms with van der Waals surface area (Å²) in [5, 5.41) is 12.4. The molecule has 0 bridgehead atoms. The number of hydrogen-bond donors (Lipinski definition) is 1. The van der Waals surface area contributed by atoms with E-state index in [1.165, 1.54) is 16.2 Å². The maximum atomic E-state index is 12.7. The number of hydrogen-bond acceptors (Lipinski definition) is 4. The van der Waals surface area contributed by atoms with Gasteiger partial charge >= 0.3 is 5.97 Å². The van der Waals surface area contributed by atoms with Crippen molar-refractivity contribution in [3.63, 3.8) is 0 Å². The van der Waals surface area contributed by atoms with Crippen LogP contribution in [0.4, 0.5) is 0 Å². The molecule has 0 saturated carbocycles. The quantitative estimate of drug-likeness (QED) is 0.899. The molecule has 7 heteroatoms. The van der Waals surface area contributed by atoms with Gasteiger partial charge in [-0.3, -0.25) is 4.79 Å². The number of benzene rings is 1. The van der Waals surface area contributed by atoms with E-state index in [4.69, 9.17) is 11.6 Å². The molecule has 1 saturated heterocycles. The lowest BCUT2D eigenvalue weighted by Crippen LogP contribution is -2.49. The Bertz CT molecular complexity index is 777. The summed E-state index contributed by atoms with van der Waals surface area (Å²) in [5.41, 5.74) is 1.13. The van der Waals surface area contributed by atoms with Crippen molar-refractivity contribution in [3.8, 4) is 10.6 Å². The number of nitrogens with zero attached hydrogens (tertiary/aromatic N) is 2. The summed E-state index contributed by atoms with van der Waals surface area (Å²) >= 11 is 7.34. The van der Waals surface area contributed by atoms with Gasteiger partial charge in [0.15, 0.2) is 0 Å². The summed E-state index contributed by atoms with van der Waals surface area (Å²) in [6.45, 7) is 2.46. The molecule has 5 nitrogen and oxygen atoms in total. The number of thiazole rings is 1. The van der Waals surface area contributed by atoms with E-state index in [-0.39, 0.29) is 11.6 Å². The molecular weight excluding hydrogens is 348 g/mol. The Labute approximate surface area is 148 Å². The topological polar surface area (TPSA) is 70.5 Å². The van der Waals surface area contributed by atoms with E-state index in [9.17, 15) is 14.7 Å². The molecule has 2 unspecified atom stereocenters. The van der Waals surface area contributed by atoms with E-state index in [1.807, 2.05) is 19.1 Å². The van der Waals surface area contributed by atoms with Crippen LogP contribution in [0.25, 0.3) is 10.6 Å². The normalized spacial score (nSPS) is 20.8. The molecule has 3 rings (SSSR count). The predicted molar refractivity (Wildman–Crippen MR) is 93.4 cm³/mol. The number of likely N-dealkylation sites (tertiary alicyclic amines) is 1. The Balaban J connectivity index is 1.84. The van der Waals surface area contributed by atoms with Gasteiger partial charge in [-0.2, -0.15) is 0 Å². The molecule has 1 aromatic carbocycles. The number of carboxylic acid groups (broad SMARTS) is 1. The first-order valence-corrected chi connectivity index (χ1v) is 8.96. The van der Waals surface area contributed by atoms with Crippen LogP contribution < -0.4 is 0 Å². The van der Waals surface area contributed by atoms with Crippen LogP contribution in [-0.4, -0.2) is 39.5 Å². The molecule has 2 aromatic rings. The lowest BCUT2D eigenvalue weighted by Gasteiger charge is -2.35. The summed E-state index contributed by atoms with van der Waals surface area (Å²) in [7, 11) is 0. The SMILES string of the molecule is CC1CCN(C(=O)c2csc(-c3cccc(Cl)c3)n2)C(C(=O)O)C1. The van der Waals surface area contributed by atoms with Crippen molar-refractivity contribution in [2.45, 2.75) is 25.8 Å². The molecule has 1 aliphatic heterocycles. The Kier molecular flexibility index (Phi) is 4.87. The van der Waals surface area contributed by atoms with Gasteiger partial charge in [-0.15, -0.1) is 11.3 Å². The predicted octanol–water partition coefficient (Wildman–Crippen LogP) is 3.79. The molecule has 2 atom stereocenters. The smallest absolute Gasteiger partial charge is 0.326 e. The summed E-state index contributed by atoms with van der Waals surface area (Å²) in [5.74, 6) is -0.980. The van der Waals surface area contributed by atoms with Crippen molar-refractivity contribution in [3.05, 3.63) is 40.4 Å². The maximum Gasteiger partial charge on any atom is 0.326 e. The fourth-order valence-electron chi connectivity index (χ4n) is 2.89. The molecule has 0 spiro atoms. The Morgan fingerprint density at radius 2 is 2.21 bits per heavy atom. The molecule has 0 aliphatic carbocycles. The summed E-state index contributed by atoms with van der Waals surface area (Å²) < 4.78 is 0. The van der Waals surface area contributed by atoms with Gasteiger partial charge in [-0.05, 0) is 30.9 Å². The van der Waals surface area contributed by atoms with Crippen LogP contribution in [0.1, 0.15) is 30.3 Å². The second kappa shape index (κ2) is 6.91. The lowest BCUT2D eigenvalue weighted by molar-refractivity contribution is -0.144. The lowest BCUT2D eigenvalue weighted by atomic mass is 9.92. The monoisotopic (exact) mass is 364 g/mol. The Morgan fingerprint density at radius 1 is 1.42 bits per heavy atom. The molecule has 1 amide bonds. The third-order valence-corrected chi connectivity index (χ3v) is 5.33. The van der Waals surface area contributed by atoms with Gasteiger partial charge in [0, 0.05) is 22.5 Å². The van der Waals surface area contributed by atoms with Gasteiger partial charge in [-0.25, -0.2) is 9.78 Å². The fourth-order valence-corrected chi connectivity index (χ4v) is 3.87. The largest absolute Gasteiger partial charge is 0.480 e. The fraction of sp³-hybridized carbons (Fsp3) is 0.353. The van der Waals surface area contributed by atoms with Crippen molar-refractivity contribution in [2.75, 3.05) is 6.54 Å². The number of aromatic nitrogens is 1. The van der Waals surface area contributed by atoms with E-state index >= 15 is 0 Å². The van der Waals surface area contributed by atoms with Gasteiger partial charge in [0.2, 0.25) is 0 Å². The molecule has 1 aromatic heterocycles. The number of halogens is 1. The zero-order valence-electron chi connectivity index (χ0n) is 13.1. The second-order valence-electron chi connectivity index (χ2n) is 6.03. The first-order valence-electron chi connectivity index (χ1n) is 7.71. The van der Waals surface area contributed by atoms with Crippen LogP contribution in [-0.2, 0) is 4.79 Å². The van der Waals surface area contributed by atoms with E-state index < -0.39 is 12.0 Å². The average molecular weight is 365 g/mol. The van der Waals surface area contributed by atoms with E-state index in [0.29, 0.717) is 28.9 Å². The van der Waals surface area contributed by atoms with Crippen molar-refractivity contribution in [1.82, 2.24) is 9.88 Å². The van der Waals surface area contributed by atoms with Crippen LogP contribution in [0.5, 0.6) is 0 Å². The molecule has 1 N–H and O–H groups in total. The van der Waals surface area contributed by atoms with Gasteiger partial charge in [0.05, 0.1) is 0 Å². The third kappa shape index (κ3) is 3.44. The van der Waals surface area contributed by atoms with E-state index in [0.717, 1.165) is 12.0 Å². The van der Waals surface area contributed by atoms with Crippen molar-refractivity contribution in [1.29, 1.82) is 0 Å². The minimum atomic E-state index is -0.958. The number of amides is 1. The van der Waals surface area contributed by atoms with Crippen molar-refractivity contribution >= 4 is 34.8 Å². The Morgan fingerprint density at radius 3 is 2.92 bits per heavy atom.